The van der Waals surface area contributed by atoms with Gasteiger partial charge >= 0.3 is 0 Å². The molecule has 0 bridgehead atoms. The van der Waals surface area contributed by atoms with E-state index < -0.39 is 0 Å². The fraction of sp³-hybridized carbons (Fsp3) is 0.455. The smallest absolute Gasteiger partial charge is 0.0831 e. The van der Waals surface area contributed by atoms with E-state index in [0.29, 0.717) is 6.04 Å². The third-order valence-corrected chi connectivity index (χ3v) is 5.83. The van der Waals surface area contributed by atoms with Gasteiger partial charge in [0.05, 0.1) is 11.7 Å². The third kappa shape index (κ3) is 3.99. The van der Waals surface area contributed by atoms with Crippen LogP contribution in [0.1, 0.15) is 18.1 Å². The van der Waals surface area contributed by atoms with Crippen LogP contribution in [-0.4, -0.2) is 54.2 Å². The van der Waals surface area contributed by atoms with Crippen molar-refractivity contribution >= 4 is 0 Å². The molecule has 2 heterocycles. The summed E-state index contributed by atoms with van der Waals surface area (Å²) in [5.74, 6) is 0. The highest BCUT2D eigenvalue weighted by Gasteiger charge is 2.42. The van der Waals surface area contributed by atoms with Gasteiger partial charge in [-0.3, -0.25) is 20.4 Å². The number of nitrogens with one attached hydrogen (secondary N) is 2. The van der Waals surface area contributed by atoms with E-state index in [4.69, 9.17) is 0 Å². The first-order valence-electron chi connectivity index (χ1n) is 9.77. The number of piperazine rings is 1. The minimum atomic E-state index is -0.0237. The molecule has 2 saturated heterocycles. The molecule has 2 aromatic rings. The van der Waals surface area contributed by atoms with Crippen molar-refractivity contribution in [2.45, 2.75) is 31.7 Å². The van der Waals surface area contributed by atoms with Crippen LogP contribution in [0.3, 0.4) is 0 Å². The first kappa shape index (κ1) is 17.7. The van der Waals surface area contributed by atoms with Crippen LogP contribution >= 0.6 is 0 Å². The molecular formula is C22H30N4. The zero-order valence-corrected chi connectivity index (χ0v) is 15.7. The molecule has 2 aromatic carbocycles. The normalized spacial score (nSPS) is 24.0. The van der Waals surface area contributed by atoms with Crippen LogP contribution in [0.5, 0.6) is 0 Å². The van der Waals surface area contributed by atoms with Crippen molar-refractivity contribution in [3.63, 3.8) is 0 Å². The largest absolute Gasteiger partial charge is 0.297 e. The summed E-state index contributed by atoms with van der Waals surface area (Å²) in [7, 11) is 0. The highest BCUT2D eigenvalue weighted by atomic mass is 15.4. The molecule has 2 aliphatic heterocycles. The van der Waals surface area contributed by atoms with Gasteiger partial charge in [0, 0.05) is 45.8 Å². The maximum Gasteiger partial charge on any atom is 0.0831 e. The number of benzene rings is 2. The van der Waals surface area contributed by atoms with Crippen LogP contribution in [-0.2, 0) is 13.1 Å². The van der Waals surface area contributed by atoms with Crippen molar-refractivity contribution in [1.29, 1.82) is 0 Å². The van der Waals surface area contributed by atoms with Gasteiger partial charge in [0.15, 0.2) is 0 Å². The first-order chi connectivity index (χ1) is 12.7. The second-order valence-electron chi connectivity index (χ2n) is 7.75. The predicted octanol–water partition coefficient (Wildman–Crippen LogP) is 2.28. The van der Waals surface area contributed by atoms with Gasteiger partial charge in [-0.15, -0.1) is 0 Å². The Bertz CT molecular complexity index is 682. The van der Waals surface area contributed by atoms with Gasteiger partial charge < -0.3 is 0 Å². The lowest BCUT2D eigenvalue weighted by Gasteiger charge is -2.48. The Morgan fingerprint density at radius 3 is 2.04 bits per heavy atom. The zero-order chi connectivity index (χ0) is 17.8. The van der Waals surface area contributed by atoms with Gasteiger partial charge in [-0.1, -0.05) is 60.7 Å². The van der Waals surface area contributed by atoms with E-state index in [2.05, 4.69) is 88.0 Å². The maximum atomic E-state index is 3.72. The number of nitrogens with zero attached hydrogens (tertiary/aromatic N) is 2. The summed E-state index contributed by atoms with van der Waals surface area (Å²) in [5.41, 5.74) is 2.78. The Morgan fingerprint density at radius 1 is 0.846 bits per heavy atom. The third-order valence-electron chi connectivity index (χ3n) is 5.83. The van der Waals surface area contributed by atoms with Gasteiger partial charge in [-0.2, -0.15) is 0 Å². The van der Waals surface area contributed by atoms with E-state index in [-0.39, 0.29) is 5.66 Å². The van der Waals surface area contributed by atoms with Gasteiger partial charge in [-0.25, -0.2) is 0 Å². The molecule has 1 unspecified atom stereocenters. The van der Waals surface area contributed by atoms with E-state index in [1.165, 1.54) is 11.1 Å². The van der Waals surface area contributed by atoms with Crippen LogP contribution in [0, 0.1) is 0 Å². The minimum Gasteiger partial charge on any atom is -0.297 e. The molecule has 2 aliphatic rings. The quantitative estimate of drug-likeness (QED) is 0.866. The molecule has 0 amide bonds. The lowest BCUT2D eigenvalue weighted by molar-refractivity contribution is 0.0123. The molecule has 0 aliphatic carbocycles. The van der Waals surface area contributed by atoms with Gasteiger partial charge in [-0.05, 0) is 18.1 Å². The predicted molar refractivity (Wildman–Crippen MR) is 107 cm³/mol. The van der Waals surface area contributed by atoms with Gasteiger partial charge in [0.25, 0.3) is 0 Å². The summed E-state index contributed by atoms with van der Waals surface area (Å²) in [6.45, 7) is 9.78. The average Bonchev–Trinajstić information content (AvgIpc) is 3.12. The summed E-state index contributed by atoms with van der Waals surface area (Å²) in [6.07, 6.45) is 0. The molecule has 2 fully saturated rings. The lowest BCUT2D eigenvalue weighted by Crippen LogP contribution is -2.68. The Hall–Kier alpha value is -1.72. The van der Waals surface area contributed by atoms with E-state index >= 15 is 0 Å². The Labute approximate surface area is 157 Å². The fourth-order valence-electron chi connectivity index (χ4n) is 4.36. The molecule has 0 aromatic heterocycles. The second-order valence-corrected chi connectivity index (χ2v) is 7.75. The molecular weight excluding hydrogens is 320 g/mol. The summed E-state index contributed by atoms with van der Waals surface area (Å²) < 4.78 is 0. The molecule has 26 heavy (non-hydrogen) atoms. The van der Waals surface area contributed by atoms with Crippen molar-refractivity contribution in [1.82, 2.24) is 20.4 Å². The molecule has 2 N–H and O–H groups in total. The summed E-state index contributed by atoms with van der Waals surface area (Å²) in [5, 5.41) is 7.45. The number of rotatable bonds is 5. The topological polar surface area (TPSA) is 30.5 Å². The SMILES string of the molecule is CC1(C2CN(Cc3ccccc3)CCN2Cc2ccccc2)NCCN1. The molecule has 4 heteroatoms. The highest BCUT2D eigenvalue weighted by Crippen LogP contribution is 2.24. The zero-order valence-electron chi connectivity index (χ0n) is 15.7. The van der Waals surface area contributed by atoms with Crippen molar-refractivity contribution < 1.29 is 0 Å². The maximum absolute atomic E-state index is 3.72. The average molecular weight is 351 g/mol. The Kier molecular flexibility index (Phi) is 5.36. The van der Waals surface area contributed by atoms with E-state index in [0.717, 1.165) is 45.8 Å². The molecule has 0 radical (unpaired) electrons. The number of hydrogen-bond acceptors (Lipinski definition) is 4. The van der Waals surface area contributed by atoms with Crippen LogP contribution < -0.4 is 10.6 Å². The van der Waals surface area contributed by atoms with E-state index in [9.17, 15) is 0 Å². The van der Waals surface area contributed by atoms with Crippen molar-refractivity contribution in [2.75, 3.05) is 32.7 Å². The lowest BCUT2D eigenvalue weighted by atomic mass is 9.97. The van der Waals surface area contributed by atoms with Crippen LogP contribution in [0.4, 0.5) is 0 Å². The van der Waals surface area contributed by atoms with Crippen molar-refractivity contribution in [3.8, 4) is 0 Å². The Morgan fingerprint density at radius 2 is 1.42 bits per heavy atom. The fourth-order valence-corrected chi connectivity index (χ4v) is 4.36. The van der Waals surface area contributed by atoms with Crippen LogP contribution in [0.15, 0.2) is 60.7 Å². The second kappa shape index (κ2) is 7.89. The van der Waals surface area contributed by atoms with Crippen LogP contribution in [0.2, 0.25) is 0 Å². The molecule has 1 atom stereocenters. The summed E-state index contributed by atoms with van der Waals surface area (Å²) in [4.78, 5) is 5.26. The Balaban J connectivity index is 1.50. The van der Waals surface area contributed by atoms with Gasteiger partial charge in [0.2, 0.25) is 0 Å². The van der Waals surface area contributed by atoms with Crippen LogP contribution in [0.25, 0.3) is 0 Å². The first-order valence-corrected chi connectivity index (χ1v) is 9.77. The van der Waals surface area contributed by atoms with E-state index in [1.807, 2.05) is 0 Å². The molecule has 0 spiro atoms. The summed E-state index contributed by atoms with van der Waals surface area (Å²) >= 11 is 0. The molecule has 4 nitrogen and oxygen atoms in total. The minimum absolute atomic E-state index is 0.0237. The van der Waals surface area contributed by atoms with Crippen molar-refractivity contribution in [2.24, 2.45) is 0 Å². The highest BCUT2D eigenvalue weighted by molar-refractivity contribution is 5.17. The molecule has 4 rings (SSSR count). The monoisotopic (exact) mass is 350 g/mol. The standard InChI is InChI=1S/C22H30N4/c1-22(23-12-13-24-22)21-18-25(16-19-8-4-2-5-9-19)14-15-26(21)17-20-10-6-3-7-11-20/h2-11,21,23-24H,12-18H2,1H3. The molecule has 138 valence electrons. The van der Waals surface area contributed by atoms with E-state index in [1.54, 1.807) is 0 Å². The van der Waals surface area contributed by atoms with Crippen molar-refractivity contribution in [3.05, 3.63) is 71.8 Å². The molecule has 0 saturated carbocycles. The van der Waals surface area contributed by atoms with Gasteiger partial charge in [0.1, 0.15) is 0 Å². The summed E-state index contributed by atoms with van der Waals surface area (Å²) in [6, 6.07) is 22.2. The number of hydrogen-bond donors (Lipinski definition) is 2.